The number of hydrogen-bond donors (Lipinski definition) is 0. The van der Waals surface area contributed by atoms with Crippen molar-refractivity contribution in [2.24, 2.45) is 7.05 Å². The maximum Gasteiger partial charge on any atom is 0.202 e. The molecular weight excluding hydrogens is 160 g/mol. The third kappa shape index (κ3) is 1.56. The summed E-state index contributed by atoms with van der Waals surface area (Å²) in [4.78, 5) is 4.01. The molecule has 0 aliphatic carbocycles. The summed E-state index contributed by atoms with van der Waals surface area (Å²) in [5, 5.41) is 0.570. The first kappa shape index (κ1) is 8.60. The second-order valence-electron chi connectivity index (χ2n) is 2.82. The van der Waals surface area contributed by atoms with Gasteiger partial charge in [0.05, 0.1) is 6.20 Å². The first-order chi connectivity index (χ1) is 5.16. The Bertz CT molecular complexity index is 242. The fraction of sp³-hybridized carbons (Fsp3) is 0.625. The summed E-state index contributed by atoms with van der Waals surface area (Å²) in [5.74, 6) is 0.542. The van der Waals surface area contributed by atoms with Crippen molar-refractivity contribution in [3.8, 4) is 0 Å². The highest BCUT2D eigenvalue weighted by molar-refractivity contribution is 6.28. The summed E-state index contributed by atoms with van der Waals surface area (Å²) < 4.78 is 1.93. The van der Waals surface area contributed by atoms with Crippen molar-refractivity contribution in [2.45, 2.75) is 26.2 Å². The third-order valence-electron chi connectivity index (χ3n) is 2.08. The second kappa shape index (κ2) is 3.26. The Morgan fingerprint density at radius 2 is 2.36 bits per heavy atom. The number of halogens is 1. The Balaban J connectivity index is 2.94. The molecule has 0 aliphatic rings. The highest BCUT2D eigenvalue weighted by Gasteiger charge is 2.09. The number of hydrogen-bond acceptors (Lipinski definition) is 1. The predicted octanol–water partition coefficient (Wildman–Crippen LogP) is 2.59. The van der Waals surface area contributed by atoms with Gasteiger partial charge in [0.1, 0.15) is 0 Å². The fourth-order valence-corrected chi connectivity index (χ4v) is 1.21. The monoisotopic (exact) mass is 172 g/mol. The van der Waals surface area contributed by atoms with Gasteiger partial charge in [0.25, 0.3) is 0 Å². The molecule has 1 rings (SSSR count). The summed E-state index contributed by atoms with van der Waals surface area (Å²) >= 11 is 5.78. The van der Waals surface area contributed by atoms with Crippen molar-refractivity contribution in [2.75, 3.05) is 0 Å². The van der Waals surface area contributed by atoms with E-state index in [2.05, 4.69) is 18.8 Å². The molecule has 0 N–H and O–H groups in total. The molecule has 0 fully saturated rings. The minimum atomic E-state index is 0.542. The molecule has 0 amide bonds. The van der Waals surface area contributed by atoms with Crippen LogP contribution in [0.2, 0.25) is 5.28 Å². The van der Waals surface area contributed by atoms with Crippen LogP contribution in [0.1, 0.15) is 31.9 Å². The van der Waals surface area contributed by atoms with Gasteiger partial charge in [-0.1, -0.05) is 13.8 Å². The lowest BCUT2D eigenvalue weighted by Gasteiger charge is -2.08. The van der Waals surface area contributed by atoms with Gasteiger partial charge in [-0.2, -0.15) is 0 Å². The molecule has 0 radical (unpaired) electrons. The van der Waals surface area contributed by atoms with Gasteiger partial charge in [0.2, 0.25) is 5.28 Å². The van der Waals surface area contributed by atoms with Crippen LogP contribution in [0.25, 0.3) is 0 Å². The van der Waals surface area contributed by atoms with Crippen molar-refractivity contribution in [1.82, 2.24) is 9.55 Å². The van der Waals surface area contributed by atoms with Gasteiger partial charge in [-0.15, -0.1) is 0 Å². The molecule has 3 heteroatoms. The van der Waals surface area contributed by atoms with Gasteiger partial charge in [0, 0.05) is 12.7 Å². The van der Waals surface area contributed by atoms with Crippen LogP contribution in [0.4, 0.5) is 0 Å². The Hall–Kier alpha value is -0.500. The highest BCUT2D eigenvalue weighted by atomic mass is 35.5. The summed E-state index contributed by atoms with van der Waals surface area (Å²) in [6.45, 7) is 4.33. The lowest BCUT2D eigenvalue weighted by atomic mass is 10.1. The van der Waals surface area contributed by atoms with Crippen LogP contribution < -0.4 is 0 Å². The molecule has 62 valence electrons. The largest absolute Gasteiger partial charge is 0.322 e. The maximum absolute atomic E-state index is 5.78. The molecule has 1 aromatic rings. The van der Waals surface area contributed by atoms with Crippen molar-refractivity contribution >= 4 is 11.6 Å². The number of aromatic nitrogens is 2. The number of rotatable bonds is 2. The van der Waals surface area contributed by atoms with E-state index in [1.807, 2.05) is 17.8 Å². The Labute approximate surface area is 72.2 Å². The molecule has 1 heterocycles. The molecule has 1 aromatic heterocycles. The van der Waals surface area contributed by atoms with E-state index in [9.17, 15) is 0 Å². The first-order valence-corrected chi connectivity index (χ1v) is 4.21. The number of imidazole rings is 1. The van der Waals surface area contributed by atoms with Crippen LogP contribution in [0, 0.1) is 0 Å². The minimum Gasteiger partial charge on any atom is -0.322 e. The van der Waals surface area contributed by atoms with E-state index >= 15 is 0 Å². The molecule has 0 saturated carbocycles. The van der Waals surface area contributed by atoms with Crippen molar-refractivity contribution in [3.05, 3.63) is 17.2 Å². The van der Waals surface area contributed by atoms with Crippen molar-refractivity contribution in [3.63, 3.8) is 0 Å². The molecular formula is C8H13ClN2. The first-order valence-electron chi connectivity index (χ1n) is 3.84. The maximum atomic E-state index is 5.78. The molecule has 0 aliphatic heterocycles. The average molecular weight is 173 g/mol. The smallest absolute Gasteiger partial charge is 0.202 e. The molecule has 11 heavy (non-hydrogen) atoms. The lowest BCUT2D eigenvalue weighted by Crippen LogP contribution is -1.99. The van der Waals surface area contributed by atoms with Gasteiger partial charge in [0.15, 0.2) is 0 Å². The van der Waals surface area contributed by atoms with E-state index in [1.165, 1.54) is 5.69 Å². The van der Waals surface area contributed by atoms with Gasteiger partial charge >= 0.3 is 0 Å². The van der Waals surface area contributed by atoms with E-state index in [0.29, 0.717) is 11.2 Å². The molecule has 2 nitrogen and oxygen atoms in total. The second-order valence-corrected chi connectivity index (χ2v) is 3.16. The van der Waals surface area contributed by atoms with Gasteiger partial charge < -0.3 is 4.57 Å². The normalized spacial score (nSPS) is 13.5. The Kier molecular flexibility index (Phi) is 2.55. The number of nitrogens with zero attached hydrogens (tertiary/aromatic N) is 2. The molecule has 1 atom stereocenters. The van der Waals surface area contributed by atoms with Crippen molar-refractivity contribution < 1.29 is 0 Å². The van der Waals surface area contributed by atoms with Crippen LogP contribution in [0.15, 0.2) is 6.20 Å². The zero-order valence-corrected chi connectivity index (χ0v) is 7.89. The molecule has 0 bridgehead atoms. The Morgan fingerprint density at radius 1 is 1.73 bits per heavy atom. The molecule has 1 unspecified atom stereocenters. The molecule has 0 spiro atoms. The van der Waals surface area contributed by atoms with Gasteiger partial charge in [-0.3, -0.25) is 0 Å². The zero-order chi connectivity index (χ0) is 8.43. The van der Waals surface area contributed by atoms with E-state index < -0.39 is 0 Å². The van der Waals surface area contributed by atoms with Gasteiger partial charge in [-0.05, 0) is 23.9 Å². The van der Waals surface area contributed by atoms with Crippen LogP contribution in [0.5, 0.6) is 0 Å². The van der Waals surface area contributed by atoms with Crippen LogP contribution in [0.3, 0.4) is 0 Å². The van der Waals surface area contributed by atoms with E-state index in [-0.39, 0.29) is 0 Å². The summed E-state index contributed by atoms with van der Waals surface area (Å²) in [6, 6.07) is 0. The lowest BCUT2D eigenvalue weighted by molar-refractivity contribution is 0.666. The predicted molar refractivity (Wildman–Crippen MR) is 46.9 cm³/mol. The summed E-state index contributed by atoms with van der Waals surface area (Å²) in [7, 11) is 1.94. The van der Waals surface area contributed by atoms with Gasteiger partial charge in [-0.25, -0.2) is 4.98 Å². The third-order valence-corrected chi connectivity index (χ3v) is 2.44. The van der Waals surface area contributed by atoms with E-state index in [1.54, 1.807) is 0 Å². The van der Waals surface area contributed by atoms with E-state index in [4.69, 9.17) is 11.6 Å². The fourth-order valence-electron chi connectivity index (χ4n) is 1.07. The molecule has 0 saturated heterocycles. The average Bonchev–Trinajstić information content (AvgIpc) is 2.32. The highest BCUT2D eigenvalue weighted by Crippen LogP contribution is 2.20. The van der Waals surface area contributed by atoms with Crippen molar-refractivity contribution in [1.29, 1.82) is 0 Å². The summed E-state index contributed by atoms with van der Waals surface area (Å²) in [5.41, 5.74) is 1.21. The standard InChI is InChI=1S/C8H13ClN2/c1-4-6(2)7-5-10-8(9)11(7)3/h5-6H,4H2,1-3H3. The molecule has 0 aromatic carbocycles. The van der Waals surface area contributed by atoms with Crippen LogP contribution >= 0.6 is 11.6 Å². The minimum absolute atomic E-state index is 0.542. The zero-order valence-electron chi connectivity index (χ0n) is 7.13. The topological polar surface area (TPSA) is 17.8 Å². The Morgan fingerprint density at radius 3 is 2.73 bits per heavy atom. The van der Waals surface area contributed by atoms with E-state index in [0.717, 1.165) is 6.42 Å². The summed E-state index contributed by atoms with van der Waals surface area (Å²) in [6.07, 6.45) is 2.96. The van der Waals surface area contributed by atoms with Crippen LogP contribution in [-0.2, 0) is 7.05 Å². The SMILES string of the molecule is CCC(C)c1cnc(Cl)n1C. The quantitative estimate of drug-likeness (QED) is 0.671. The van der Waals surface area contributed by atoms with Crippen LogP contribution in [-0.4, -0.2) is 9.55 Å².